The van der Waals surface area contributed by atoms with Crippen LogP contribution in [0, 0.1) is 5.82 Å². The molecule has 1 heterocycles. The van der Waals surface area contributed by atoms with Gasteiger partial charge in [-0.2, -0.15) is 11.8 Å². The molecule has 0 spiro atoms. The van der Waals surface area contributed by atoms with Gasteiger partial charge in [0.2, 0.25) is 5.91 Å². The third kappa shape index (κ3) is 8.57. The number of hydrogen-bond donors (Lipinski definition) is 2. The van der Waals surface area contributed by atoms with Crippen LogP contribution in [0.15, 0.2) is 29.3 Å². The van der Waals surface area contributed by atoms with Crippen molar-refractivity contribution in [1.82, 2.24) is 15.5 Å². The van der Waals surface area contributed by atoms with E-state index in [-0.39, 0.29) is 40.4 Å². The fraction of sp³-hybridized carbons (Fsp3) is 0.600. The second-order valence-electron chi connectivity index (χ2n) is 7.41. The molecule has 1 saturated heterocycles. The van der Waals surface area contributed by atoms with Gasteiger partial charge >= 0.3 is 0 Å². The van der Waals surface area contributed by atoms with E-state index in [1.807, 2.05) is 4.90 Å². The fourth-order valence-corrected chi connectivity index (χ4v) is 3.12. The van der Waals surface area contributed by atoms with Gasteiger partial charge in [0.1, 0.15) is 5.82 Å². The lowest BCUT2D eigenvalue weighted by atomic mass is 10.2. The van der Waals surface area contributed by atoms with Crippen LogP contribution in [0.25, 0.3) is 0 Å². The Morgan fingerprint density at radius 1 is 1.17 bits per heavy atom. The van der Waals surface area contributed by atoms with E-state index in [0.717, 1.165) is 31.3 Å². The van der Waals surface area contributed by atoms with Crippen LogP contribution in [-0.4, -0.2) is 74.1 Å². The van der Waals surface area contributed by atoms with Crippen molar-refractivity contribution in [2.45, 2.75) is 25.0 Å². The molecular weight excluding hydrogens is 504 g/mol. The Kier molecular flexibility index (Phi) is 11.1. The standard InChI is InChI=1S/C20H32FN5OS.HI/c1-20(2,28-4)15-24-19(22-3)23-10-9-18(27)26-13-11-25(12-14-26)17-7-5-16(21)6-8-17;/h5-8H,9-15H2,1-4H3,(H2,22,23,24);1H. The highest BCUT2D eigenvalue weighted by Gasteiger charge is 2.21. The topological polar surface area (TPSA) is 60.0 Å². The zero-order valence-corrected chi connectivity index (χ0v) is 20.9. The Hall–Kier alpha value is -1.23. The van der Waals surface area contributed by atoms with Gasteiger partial charge in [0, 0.05) is 63.2 Å². The van der Waals surface area contributed by atoms with Crippen LogP contribution in [0.1, 0.15) is 20.3 Å². The maximum absolute atomic E-state index is 13.1. The molecule has 1 aromatic carbocycles. The summed E-state index contributed by atoms with van der Waals surface area (Å²) in [7, 11) is 1.73. The molecule has 2 N–H and O–H groups in total. The molecule has 164 valence electrons. The van der Waals surface area contributed by atoms with Crippen molar-refractivity contribution in [2.75, 3.05) is 57.5 Å². The van der Waals surface area contributed by atoms with Gasteiger partial charge in [-0.3, -0.25) is 9.79 Å². The van der Waals surface area contributed by atoms with Crippen LogP contribution in [0.5, 0.6) is 0 Å². The molecule has 1 aliphatic heterocycles. The molecule has 1 amide bonds. The number of hydrogen-bond acceptors (Lipinski definition) is 4. The van der Waals surface area contributed by atoms with Gasteiger partial charge in [-0.1, -0.05) is 0 Å². The van der Waals surface area contributed by atoms with Gasteiger partial charge in [0.15, 0.2) is 5.96 Å². The average molecular weight is 537 g/mol. The van der Waals surface area contributed by atoms with Crippen LogP contribution in [0.3, 0.4) is 0 Å². The molecule has 1 aliphatic rings. The molecule has 0 radical (unpaired) electrons. The van der Waals surface area contributed by atoms with Crippen molar-refractivity contribution >= 4 is 53.3 Å². The first kappa shape index (κ1) is 25.8. The molecule has 0 unspecified atom stereocenters. The minimum Gasteiger partial charge on any atom is -0.368 e. The predicted molar refractivity (Wildman–Crippen MR) is 132 cm³/mol. The molecule has 2 rings (SSSR count). The van der Waals surface area contributed by atoms with Crippen molar-refractivity contribution in [3.05, 3.63) is 30.1 Å². The smallest absolute Gasteiger partial charge is 0.224 e. The lowest BCUT2D eigenvalue weighted by molar-refractivity contribution is -0.131. The maximum Gasteiger partial charge on any atom is 0.224 e. The van der Waals surface area contributed by atoms with Gasteiger partial charge < -0.3 is 20.4 Å². The number of nitrogens with zero attached hydrogens (tertiary/aromatic N) is 3. The second kappa shape index (κ2) is 12.5. The first-order chi connectivity index (χ1) is 13.3. The summed E-state index contributed by atoms with van der Waals surface area (Å²) in [5.74, 6) is 0.633. The Morgan fingerprint density at radius 2 is 1.79 bits per heavy atom. The third-order valence-electron chi connectivity index (χ3n) is 4.91. The molecule has 0 saturated carbocycles. The molecule has 1 fully saturated rings. The number of benzene rings is 1. The minimum absolute atomic E-state index is 0. The van der Waals surface area contributed by atoms with E-state index in [2.05, 4.69) is 40.6 Å². The highest BCUT2D eigenvalue weighted by Crippen LogP contribution is 2.19. The lowest BCUT2D eigenvalue weighted by Gasteiger charge is -2.36. The van der Waals surface area contributed by atoms with E-state index in [0.29, 0.717) is 26.1 Å². The summed E-state index contributed by atoms with van der Waals surface area (Å²) in [5.41, 5.74) is 0.998. The van der Waals surface area contributed by atoms with Crippen molar-refractivity contribution in [3.63, 3.8) is 0 Å². The Balaban J connectivity index is 0.00000420. The summed E-state index contributed by atoms with van der Waals surface area (Å²) in [6.45, 7) is 8.59. The van der Waals surface area contributed by atoms with Crippen molar-refractivity contribution in [1.29, 1.82) is 0 Å². The van der Waals surface area contributed by atoms with Crippen molar-refractivity contribution < 1.29 is 9.18 Å². The van der Waals surface area contributed by atoms with Crippen LogP contribution in [-0.2, 0) is 4.79 Å². The number of amides is 1. The first-order valence-electron chi connectivity index (χ1n) is 9.62. The number of thioether (sulfide) groups is 1. The molecule has 0 aliphatic carbocycles. The van der Waals surface area contributed by atoms with Gasteiger partial charge in [-0.25, -0.2) is 4.39 Å². The molecule has 9 heteroatoms. The van der Waals surface area contributed by atoms with E-state index in [1.165, 1.54) is 12.1 Å². The van der Waals surface area contributed by atoms with E-state index in [4.69, 9.17) is 0 Å². The summed E-state index contributed by atoms with van der Waals surface area (Å²) >= 11 is 1.80. The summed E-state index contributed by atoms with van der Waals surface area (Å²) in [6.07, 6.45) is 2.52. The first-order valence-corrected chi connectivity index (χ1v) is 10.8. The molecule has 0 atom stereocenters. The summed E-state index contributed by atoms with van der Waals surface area (Å²) in [6, 6.07) is 6.51. The molecule has 29 heavy (non-hydrogen) atoms. The molecule has 0 aromatic heterocycles. The van der Waals surface area contributed by atoms with E-state index in [9.17, 15) is 9.18 Å². The minimum atomic E-state index is -0.230. The largest absolute Gasteiger partial charge is 0.368 e. The highest BCUT2D eigenvalue weighted by molar-refractivity contribution is 14.0. The average Bonchev–Trinajstić information content (AvgIpc) is 2.71. The van der Waals surface area contributed by atoms with Crippen molar-refractivity contribution in [3.8, 4) is 0 Å². The second-order valence-corrected chi connectivity index (χ2v) is 8.92. The number of carbonyl (C=O) groups is 1. The number of rotatable bonds is 7. The fourth-order valence-electron chi connectivity index (χ4n) is 2.90. The Bertz CT molecular complexity index is 663. The number of carbonyl (C=O) groups excluding carboxylic acids is 1. The third-order valence-corrected chi connectivity index (χ3v) is 6.16. The monoisotopic (exact) mass is 537 g/mol. The number of aliphatic imine (C=N–C) groups is 1. The molecular formula is C20H33FIN5OS. The van der Waals surface area contributed by atoms with Crippen LogP contribution in [0.2, 0.25) is 0 Å². The van der Waals surface area contributed by atoms with Crippen LogP contribution in [0.4, 0.5) is 10.1 Å². The zero-order valence-electron chi connectivity index (χ0n) is 17.7. The number of piperazine rings is 1. The quantitative estimate of drug-likeness (QED) is 0.319. The van der Waals surface area contributed by atoms with Crippen LogP contribution < -0.4 is 15.5 Å². The highest BCUT2D eigenvalue weighted by atomic mass is 127. The summed E-state index contributed by atoms with van der Waals surface area (Å²) < 4.78 is 13.2. The SMILES string of the molecule is CN=C(NCCC(=O)N1CCN(c2ccc(F)cc2)CC1)NCC(C)(C)SC.I. The molecule has 0 bridgehead atoms. The van der Waals surface area contributed by atoms with Crippen molar-refractivity contribution in [2.24, 2.45) is 4.99 Å². The molecule has 1 aromatic rings. The summed E-state index contributed by atoms with van der Waals surface area (Å²) in [4.78, 5) is 20.8. The Morgan fingerprint density at radius 3 is 2.34 bits per heavy atom. The lowest BCUT2D eigenvalue weighted by Crippen LogP contribution is -2.49. The van der Waals surface area contributed by atoms with Gasteiger partial charge in [-0.05, 0) is 44.4 Å². The van der Waals surface area contributed by atoms with E-state index < -0.39 is 0 Å². The molecule has 6 nitrogen and oxygen atoms in total. The maximum atomic E-state index is 13.1. The van der Waals surface area contributed by atoms with Crippen LogP contribution >= 0.6 is 35.7 Å². The number of nitrogens with one attached hydrogen (secondary N) is 2. The zero-order chi connectivity index (χ0) is 20.6. The van der Waals surface area contributed by atoms with Gasteiger partial charge in [0.05, 0.1) is 0 Å². The Labute approximate surface area is 195 Å². The normalized spacial score (nSPS) is 15.0. The van der Waals surface area contributed by atoms with Gasteiger partial charge in [-0.15, -0.1) is 24.0 Å². The summed E-state index contributed by atoms with van der Waals surface area (Å²) in [5, 5.41) is 6.51. The van der Waals surface area contributed by atoms with Gasteiger partial charge in [0.25, 0.3) is 0 Å². The number of halogens is 2. The van der Waals surface area contributed by atoms with E-state index in [1.54, 1.807) is 30.9 Å². The number of anilines is 1. The predicted octanol–water partition coefficient (Wildman–Crippen LogP) is 2.79. The number of guanidine groups is 1. The van der Waals surface area contributed by atoms with E-state index >= 15 is 0 Å².